The number of fused-ring (bicyclic) bond motifs is 1. The molecule has 1 atom stereocenters. The zero-order chi connectivity index (χ0) is 27.4. The summed E-state index contributed by atoms with van der Waals surface area (Å²) in [5, 5.41) is 3.12. The Morgan fingerprint density at radius 3 is 2.33 bits per heavy atom. The Labute approximate surface area is 238 Å². The summed E-state index contributed by atoms with van der Waals surface area (Å²) in [6.45, 7) is 6.62. The molecular weight excluding hydrogens is 524 g/mol. The van der Waals surface area contributed by atoms with Crippen LogP contribution in [0.3, 0.4) is 0 Å². The van der Waals surface area contributed by atoms with E-state index in [2.05, 4.69) is 57.6 Å². The molecule has 3 amide bonds. The molecule has 204 valence electrons. The van der Waals surface area contributed by atoms with Crippen molar-refractivity contribution in [2.45, 2.75) is 38.5 Å². The summed E-state index contributed by atoms with van der Waals surface area (Å²) >= 11 is 6.10. The monoisotopic (exact) mass is 554 g/mol. The fraction of sp³-hybridized carbons (Fsp3) is 0.344. The van der Waals surface area contributed by atoms with E-state index in [4.69, 9.17) is 11.6 Å². The zero-order valence-corrected chi connectivity index (χ0v) is 23.0. The van der Waals surface area contributed by atoms with E-state index < -0.39 is 6.04 Å². The molecule has 0 radical (unpaired) electrons. The molecule has 3 fully saturated rings. The molecule has 0 saturated carbocycles. The molecule has 40 heavy (non-hydrogen) atoms. The highest BCUT2D eigenvalue weighted by molar-refractivity contribution is 6.30. The van der Waals surface area contributed by atoms with Crippen molar-refractivity contribution in [3.05, 3.63) is 94.0 Å². The van der Waals surface area contributed by atoms with Crippen LogP contribution < -0.4 is 5.32 Å². The number of carbonyl (C=O) groups excluding carboxylic acids is 3. The third-order valence-corrected chi connectivity index (χ3v) is 9.05. The lowest BCUT2D eigenvalue weighted by Gasteiger charge is -2.60. The second-order valence-electron chi connectivity index (χ2n) is 11.8. The number of likely N-dealkylation sites (tertiary alicyclic amines) is 2. The van der Waals surface area contributed by atoms with Crippen molar-refractivity contribution >= 4 is 29.3 Å². The van der Waals surface area contributed by atoms with Crippen LogP contribution in [0.2, 0.25) is 5.02 Å². The molecule has 8 heteroatoms. The number of carbonyl (C=O) groups is 3. The summed E-state index contributed by atoms with van der Waals surface area (Å²) < 4.78 is 0. The molecule has 1 N–H and O–H groups in total. The molecule has 3 aromatic rings. The van der Waals surface area contributed by atoms with Crippen LogP contribution >= 0.6 is 11.6 Å². The van der Waals surface area contributed by atoms with Crippen molar-refractivity contribution in [2.75, 3.05) is 26.2 Å². The quantitative estimate of drug-likeness (QED) is 0.465. The van der Waals surface area contributed by atoms with Crippen LogP contribution in [0.25, 0.3) is 11.1 Å². The van der Waals surface area contributed by atoms with Crippen molar-refractivity contribution in [3.63, 3.8) is 0 Å². The third-order valence-electron chi connectivity index (χ3n) is 8.80. The SMILES string of the molecule is O=C1CCC(N2Cc3cc(CN4CC5(C4)CN(Cc4ccccc4-c4ccc(Cl)cc4)C5)ccc3C2=O)C(=O)N1. The van der Waals surface area contributed by atoms with Gasteiger partial charge in [0, 0.05) is 68.2 Å². The van der Waals surface area contributed by atoms with Crippen LogP contribution in [0, 0.1) is 5.41 Å². The zero-order valence-electron chi connectivity index (χ0n) is 22.2. The van der Waals surface area contributed by atoms with Gasteiger partial charge in [-0.15, -0.1) is 0 Å². The minimum absolute atomic E-state index is 0.119. The van der Waals surface area contributed by atoms with E-state index in [0.717, 1.165) is 49.9 Å². The number of nitrogens with zero attached hydrogens (tertiary/aromatic N) is 3. The molecule has 0 aliphatic carbocycles. The van der Waals surface area contributed by atoms with E-state index in [-0.39, 0.29) is 24.1 Å². The highest BCUT2D eigenvalue weighted by Crippen LogP contribution is 2.42. The minimum atomic E-state index is -0.573. The van der Waals surface area contributed by atoms with Crippen LogP contribution in [0.5, 0.6) is 0 Å². The molecule has 4 aliphatic rings. The Morgan fingerprint density at radius 2 is 1.57 bits per heavy atom. The Balaban J connectivity index is 0.933. The molecule has 7 nitrogen and oxygen atoms in total. The number of hydrogen-bond donors (Lipinski definition) is 1. The lowest BCUT2D eigenvalue weighted by atomic mass is 9.72. The number of halogens is 1. The largest absolute Gasteiger partial charge is 0.322 e. The molecule has 0 aromatic heterocycles. The van der Waals surface area contributed by atoms with Crippen molar-refractivity contribution in [1.82, 2.24) is 20.0 Å². The van der Waals surface area contributed by atoms with Gasteiger partial charge in [0.05, 0.1) is 0 Å². The fourth-order valence-electron chi connectivity index (χ4n) is 7.02. The van der Waals surface area contributed by atoms with E-state index >= 15 is 0 Å². The summed E-state index contributed by atoms with van der Waals surface area (Å²) in [6.07, 6.45) is 0.654. The molecule has 3 saturated heterocycles. The normalized spacial score (nSPS) is 22.2. The summed E-state index contributed by atoms with van der Waals surface area (Å²) in [5.41, 5.74) is 7.01. The van der Waals surface area contributed by atoms with Gasteiger partial charge in [-0.2, -0.15) is 0 Å². The van der Waals surface area contributed by atoms with Crippen LogP contribution in [-0.2, 0) is 29.2 Å². The molecule has 7 rings (SSSR count). The first-order valence-corrected chi connectivity index (χ1v) is 14.3. The van der Waals surface area contributed by atoms with Gasteiger partial charge in [0.15, 0.2) is 0 Å². The third kappa shape index (κ3) is 4.62. The lowest BCUT2D eigenvalue weighted by molar-refractivity contribution is -0.136. The molecule has 4 aliphatic heterocycles. The lowest BCUT2D eigenvalue weighted by Crippen LogP contribution is -2.71. The molecule has 1 unspecified atom stereocenters. The van der Waals surface area contributed by atoms with Gasteiger partial charge in [-0.25, -0.2) is 0 Å². The summed E-state index contributed by atoms with van der Waals surface area (Å²) in [6, 6.07) is 22.2. The predicted molar refractivity (Wildman–Crippen MR) is 152 cm³/mol. The van der Waals surface area contributed by atoms with E-state index in [1.165, 1.54) is 22.3 Å². The highest BCUT2D eigenvalue weighted by Gasteiger charge is 2.51. The van der Waals surface area contributed by atoms with Gasteiger partial charge in [-0.1, -0.05) is 60.1 Å². The highest BCUT2D eigenvalue weighted by atomic mass is 35.5. The van der Waals surface area contributed by atoms with Gasteiger partial charge in [0.1, 0.15) is 6.04 Å². The molecular formula is C32H31ClN4O3. The van der Waals surface area contributed by atoms with E-state index in [1.807, 2.05) is 24.3 Å². The molecule has 0 bridgehead atoms. The summed E-state index contributed by atoms with van der Waals surface area (Å²) in [4.78, 5) is 43.4. The standard InChI is InChI=1S/C32H31ClN4O3/c33-25-8-6-22(7-9-25)26-4-2-1-3-23(26)15-36-19-32(20-36)17-35(18-32)14-21-5-10-27-24(13-21)16-37(31(27)40)28-11-12-29(38)34-30(28)39/h1-10,13,28H,11-12,14-20H2,(H,34,38,39). The number of piperidine rings is 1. The van der Waals surface area contributed by atoms with Gasteiger partial charge >= 0.3 is 0 Å². The summed E-state index contributed by atoms with van der Waals surface area (Å²) in [7, 11) is 0. The maximum atomic E-state index is 13.0. The Kier molecular flexibility index (Phi) is 6.26. The molecule has 3 aromatic carbocycles. The maximum Gasteiger partial charge on any atom is 0.255 e. The molecule has 1 spiro atoms. The average molecular weight is 555 g/mol. The van der Waals surface area contributed by atoms with Crippen molar-refractivity contribution in [3.8, 4) is 11.1 Å². The first-order chi connectivity index (χ1) is 19.4. The number of amides is 3. The Hall–Kier alpha value is -3.52. The number of benzene rings is 3. The maximum absolute atomic E-state index is 13.0. The number of hydrogen-bond acceptors (Lipinski definition) is 5. The van der Waals surface area contributed by atoms with E-state index in [0.29, 0.717) is 23.9 Å². The Morgan fingerprint density at radius 1 is 0.850 bits per heavy atom. The first-order valence-electron chi connectivity index (χ1n) is 13.9. The van der Waals surface area contributed by atoms with Crippen LogP contribution in [0.1, 0.15) is 39.9 Å². The number of nitrogens with one attached hydrogen (secondary N) is 1. The number of imide groups is 1. The van der Waals surface area contributed by atoms with Gasteiger partial charge in [-0.3, -0.25) is 29.5 Å². The van der Waals surface area contributed by atoms with Gasteiger partial charge in [-0.05, 0) is 52.4 Å². The van der Waals surface area contributed by atoms with Gasteiger partial charge in [0.2, 0.25) is 11.8 Å². The second kappa shape index (κ2) is 9.84. The van der Waals surface area contributed by atoms with E-state index in [1.54, 1.807) is 4.90 Å². The van der Waals surface area contributed by atoms with Gasteiger partial charge < -0.3 is 4.90 Å². The van der Waals surface area contributed by atoms with Crippen LogP contribution in [0.15, 0.2) is 66.7 Å². The van der Waals surface area contributed by atoms with Gasteiger partial charge in [0.25, 0.3) is 5.91 Å². The average Bonchev–Trinajstić information content (AvgIpc) is 3.22. The summed E-state index contributed by atoms with van der Waals surface area (Å²) in [5.74, 6) is -0.755. The first kappa shape index (κ1) is 25.4. The second-order valence-corrected chi connectivity index (χ2v) is 12.3. The number of rotatable bonds is 6. The predicted octanol–water partition coefficient (Wildman–Crippen LogP) is 4.09. The Bertz CT molecular complexity index is 1510. The van der Waals surface area contributed by atoms with Crippen LogP contribution in [0.4, 0.5) is 0 Å². The van der Waals surface area contributed by atoms with Crippen LogP contribution in [-0.4, -0.2) is 64.6 Å². The topological polar surface area (TPSA) is 73.0 Å². The molecule has 4 heterocycles. The van der Waals surface area contributed by atoms with Crippen molar-refractivity contribution < 1.29 is 14.4 Å². The van der Waals surface area contributed by atoms with E-state index in [9.17, 15) is 14.4 Å². The smallest absolute Gasteiger partial charge is 0.255 e. The minimum Gasteiger partial charge on any atom is -0.322 e. The van der Waals surface area contributed by atoms with Crippen molar-refractivity contribution in [2.24, 2.45) is 5.41 Å². The van der Waals surface area contributed by atoms with Crippen molar-refractivity contribution in [1.29, 1.82) is 0 Å². The fourth-order valence-corrected chi connectivity index (χ4v) is 7.15.